The molecule has 0 aliphatic heterocycles. The fraction of sp³-hybridized carbons (Fsp3) is 0.294. The van der Waals surface area contributed by atoms with E-state index in [-0.39, 0.29) is 5.56 Å². The second-order valence-corrected chi connectivity index (χ2v) is 4.79. The molecule has 1 atom stereocenters. The smallest absolute Gasteiger partial charge is 0.164 e. The Morgan fingerprint density at radius 1 is 1.05 bits per heavy atom. The van der Waals surface area contributed by atoms with Crippen molar-refractivity contribution in [3.63, 3.8) is 0 Å². The fourth-order valence-corrected chi connectivity index (χ4v) is 2.37. The van der Waals surface area contributed by atoms with Gasteiger partial charge in [-0.1, -0.05) is 30.3 Å². The van der Waals surface area contributed by atoms with Gasteiger partial charge in [-0.3, -0.25) is 0 Å². The minimum absolute atomic E-state index is 0.271. The summed E-state index contributed by atoms with van der Waals surface area (Å²) < 4.78 is 33.6. The van der Waals surface area contributed by atoms with Gasteiger partial charge >= 0.3 is 0 Å². The predicted molar refractivity (Wildman–Crippen MR) is 79.6 cm³/mol. The number of hydrogen-bond donors (Lipinski definition) is 1. The van der Waals surface area contributed by atoms with Crippen LogP contribution in [0.4, 0.5) is 8.78 Å². The van der Waals surface area contributed by atoms with Crippen molar-refractivity contribution in [2.24, 2.45) is 0 Å². The molecular weight excluding hydrogens is 272 g/mol. The molecule has 112 valence electrons. The molecule has 0 aromatic heterocycles. The molecule has 0 saturated heterocycles. The van der Waals surface area contributed by atoms with E-state index >= 15 is 0 Å². The number of nitrogens with one attached hydrogen (secondary N) is 1. The summed E-state index contributed by atoms with van der Waals surface area (Å²) in [6.45, 7) is 3.94. The summed E-state index contributed by atoms with van der Waals surface area (Å²) in [5, 5.41) is 3.03. The van der Waals surface area contributed by atoms with Crippen LogP contribution in [0.3, 0.4) is 0 Å². The van der Waals surface area contributed by atoms with Crippen LogP contribution in [0.5, 0.6) is 5.75 Å². The lowest BCUT2D eigenvalue weighted by Gasteiger charge is -2.21. The predicted octanol–water partition coefficient (Wildman–Crippen LogP) is 3.98. The van der Waals surface area contributed by atoms with Crippen LogP contribution in [0, 0.1) is 18.6 Å². The lowest BCUT2D eigenvalue weighted by atomic mass is 9.96. The highest BCUT2D eigenvalue weighted by Gasteiger charge is 2.22. The largest absolute Gasteiger partial charge is 0.494 e. The van der Waals surface area contributed by atoms with Gasteiger partial charge in [0.15, 0.2) is 11.6 Å². The number of aryl methyl sites for hydroxylation is 1. The van der Waals surface area contributed by atoms with Gasteiger partial charge in [0.25, 0.3) is 0 Å². The van der Waals surface area contributed by atoms with E-state index in [9.17, 15) is 8.78 Å². The van der Waals surface area contributed by atoms with Crippen LogP contribution in [0.25, 0.3) is 0 Å². The van der Waals surface area contributed by atoms with Gasteiger partial charge in [0.2, 0.25) is 0 Å². The summed E-state index contributed by atoms with van der Waals surface area (Å²) in [4.78, 5) is 0. The number of para-hydroxylation sites is 1. The highest BCUT2D eigenvalue weighted by Crippen LogP contribution is 2.32. The number of hydrogen-bond acceptors (Lipinski definition) is 2. The number of benzene rings is 2. The van der Waals surface area contributed by atoms with Crippen LogP contribution in [0.2, 0.25) is 0 Å². The molecule has 0 heterocycles. The van der Waals surface area contributed by atoms with E-state index in [1.807, 2.05) is 31.2 Å². The maximum Gasteiger partial charge on any atom is 0.164 e. The highest BCUT2D eigenvalue weighted by molar-refractivity contribution is 5.42. The summed E-state index contributed by atoms with van der Waals surface area (Å²) in [6, 6.07) is 10.1. The molecule has 0 aliphatic carbocycles. The first kappa shape index (κ1) is 15.4. The molecule has 0 saturated carbocycles. The van der Waals surface area contributed by atoms with Gasteiger partial charge in [-0.2, -0.15) is 0 Å². The summed E-state index contributed by atoms with van der Waals surface area (Å²) in [7, 11) is 1.71. The Morgan fingerprint density at radius 3 is 2.43 bits per heavy atom. The first-order chi connectivity index (χ1) is 10.1. The van der Waals surface area contributed by atoms with Crippen molar-refractivity contribution >= 4 is 0 Å². The second kappa shape index (κ2) is 6.68. The quantitative estimate of drug-likeness (QED) is 0.899. The molecule has 0 radical (unpaired) electrons. The third kappa shape index (κ3) is 3.05. The highest BCUT2D eigenvalue weighted by atomic mass is 19.2. The van der Waals surface area contributed by atoms with Crippen molar-refractivity contribution in [1.82, 2.24) is 5.32 Å². The fourth-order valence-electron chi connectivity index (χ4n) is 2.37. The molecule has 2 nitrogen and oxygen atoms in total. The molecule has 2 aromatic rings. The SMILES string of the molecule is CCOc1ccccc1C(NC)c1ccc(C)c(F)c1F. The van der Waals surface area contributed by atoms with Crippen molar-refractivity contribution < 1.29 is 13.5 Å². The van der Waals surface area contributed by atoms with Gasteiger partial charge in [-0.25, -0.2) is 8.78 Å². The van der Waals surface area contributed by atoms with E-state index in [1.54, 1.807) is 26.1 Å². The van der Waals surface area contributed by atoms with Crippen LogP contribution in [0.1, 0.15) is 29.7 Å². The Hall–Kier alpha value is -1.94. The molecule has 4 heteroatoms. The van der Waals surface area contributed by atoms with Crippen molar-refractivity contribution in [3.8, 4) is 5.75 Å². The molecular formula is C17H19F2NO. The number of rotatable bonds is 5. The van der Waals surface area contributed by atoms with Gasteiger partial charge in [0.1, 0.15) is 5.75 Å². The van der Waals surface area contributed by atoms with E-state index < -0.39 is 17.7 Å². The van der Waals surface area contributed by atoms with Crippen molar-refractivity contribution in [2.45, 2.75) is 19.9 Å². The topological polar surface area (TPSA) is 21.3 Å². The summed E-state index contributed by atoms with van der Waals surface area (Å²) in [5.41, 5.74) is 1.35. The van der Waals surface area contributed by atoms with E-state index in [0.717, 1.165) is 5.56 Å². The van der Waals surface area contributed by atoms with E-state index in [4.69, 9.17) is 4.74 Å². The zero-order valence-electron chi connectivity index (χ0n) is 12.4. The van der Waals surface area contributed by atoms with Gasteiger partial charge in [-0.15, -0.1) is 0 Å². The van der Waals surface area contributed by atoms with Gasteiger partial charge in [0, 0.05) is 11.1 Å². The van der Waals surface area contributed by atoms with Crippen LogP contribution < -0.4 is 10.1 Å². The molecule has 0 bridgehead atoms. The standard InChI is InChI=1S/C17H19F2NO/c1-4-21-14-8-6-5-7-12(14)17(20-3)13-10-9-11(2)15(18)16(13)19/h5-10,17,20H,4H2,1-3H3. The summed E-state index contributed by atoms with van der Waals surface area (Å²) in [5.74, 6) is -0.956. The van der Waals surface area contributed by atoms with Crippen LogP contribution in [-0.2, 0) is 0 Å². The molecule has 0 aliphatic rings. The molecule has 21 heavy (non-hydrogen) atoms. The van der Waals surface area contributed by atoms with Crippen LogP contribution in [-0.4, -0.2) is 13.7 Å². The minimum Gasteiger partial charge on any atom is -0.494 e. The van der Waals surface area contributed by atoms with E-state index in [2.05, 4.69) is 5.32 Å². The van der Waals surface area contributed by atoms with E-state index in [1.165, 1.54) is 0 Å². The van der Waals surface area contributed by atoms with Gasteiger partial charge in [0.05, 0.1) is 12.6 Å². The van der Waals surface area contributed by atoms with Gasteiger partial charge in [-0.05, 0) is 32.5 Å². The minimum atomic E-state index is -0.819. The maximum absolute atomic E-state index is 14.2. The van der Waals surface area contributed by atoms with Crippen molar-refractivity contribution in [2.75, 3.05) is 13.7 Å². The van der Waals surface area contributed by atoms with Gasteiger partial charge < -0.3 is 10.1 Å². The zero-order valence-corrected chi connectivity index (χ0v) is 12.4. The molecule has 2 aromatic carbocycles. The molecule has 1 N–H and O–H groups in total. The van der Waals surface area contributed by atoms with Crippen molar-refractivity contribution in [1.29, 1.82) is 0 Å². The zero-order chi connectivity index (χ0) is 15.4. The first-order valence-electron chi connectivity index (χ1n) is 6.93. The first-order valence-corrected chi connectivity index (χ1v) is 6.93. The summed E-state index contributed by atoms with van der Waals surface area (Å²) in [6.07, 6.45) is 0. The summed E-state index contributed by atoms with van der Waals surface area (Å²) >= 11 is 0. The van der Waals surface area contributed by atoms with Crippen LogP contribution in [0.15, 0.2) is 36.4 Å². The Balaban J connectivity index is 2.53. The Bertz CT molecular complexity index is 628. The van der Waals surface area contributed by atoms with Crippen LogP contribution >= 0.6 is 0 Å². The monoisotopic (exact) mass is 291 g/mol. The third-order valence-electron chi connectivity index (χ3n) is 3.43. The maximum atomic E-state index is 14.2. The molecule has 1 unspecified atom stereocenters. The number of ether oxygens (including phenoxy) is 1. The molecule has 0 fully saturated rings. The molecule has 0 amide bonds. The average Bonchev–Trinajstić information content (AvgIpc) is 2.49. The number of halogens is 2. The Kier molecular flexibility index (Phi) is 4.91. The van der Waals surface area contributed by atoms with E-state index in [0.29, 0.717) is 17.9 Å². The Morgan fingerprint density at radius 2 is 1.76 bits per heavy atom. The second-order valence-electron chi connectivity index (χ2n) is 4.79. The normalized spacial score (nSPS) is 12.2. The third-order valence-corrected chi connectivity index (χ3v) is 3.43. The average molecular weight is 291 g/mol. The Labute approximate surface area is 123 Å². The molecule has 2 rings (SSSR count). The van der Waals surface area contributed by atoms with Crippen molar-refractivity contribution in [3.05, 3.63) is 64.7 Å². The lowest BCUT2D eigenvalue weighted by Crippen LogP contribution is -2.20. The lowest BCUT2D eigenvalue weighted by molar-refractivity contribution is 0.333. The molecule has 0 spiro atoms.